The molecule has 2 rings (SSSR count). The maximum atomic E-state index is 12.4. The Labute approximate surface area is 106 Å². The van der Waals surface area contributed by atoms with Crippen molar-refractivity contribution in [1.29, 1.82) is 0 Å². The van der Waals surface area contributed by atoms with Crippen LogP contribution in [0.1, 0.15) is 19.3 Å². The number of hydrogen-bond donors (Lipinski definition) is 2. The number of carbonyl (C=O) groups is 1. The van der Waals surface area contributed by atoms with Gasteiger partial charge in [-0.3, -0.25) is 4.79 Å². The molecule has 1 unspecified atom stereocenters. The van der Waals surface area contributed by atoms with Crippen LogP contribution in [0.2, 0.25) is 0 Å². The number of benzene rings is 1. The molecule has 18 heavy (non-hydrogen) atoms. The highest BCUT2D eigenvalue weighted by molar-refractivity contribution is 7.92. The number of sulfone groups is 1. The quantitative estimate of drug-likeness (QED) is 0.773. The molecule has 1 amide bonds. The summed E-state index contributed by atoms with van der Waals surface area (Å²) in [7, 11) is -3.45. The first kappa shape index (κ1) is 12.9. The molecule has 0 spiro atoms. The van der Waals surface area contributed by atoms with Crippen molar-refractivity contribution >= 4 is 21.4 Å². The lowest BCUT2D eigenvalue weighted by molar-refractivity contribution is -0.120. The lowest BCUT2D eigenvalue weighted by atomic mass is 10.2. The van der Waals surface area contributed by atoms with Gasteiger partial charge >= 0.3 is 0 Å². The van der Waals surface area contributed by atoms with Crippen LogP contribution in [0.5, 0.6) is 0 Å². The molecule has 3 N–H and O–H groups in total. The number of nitrogens with two attached hydrogens (primary N) is 1. The summed E-state index contributed by atoms with van der Waals surface area (Å²) in [5, 5.41) is 2.05. The van der Waals surface area contributed by atoms with Gasteiger partial charge in [0.25, 0.3) is 0 Å². The Morgan fingerprint density at radius 3 is 2.56 bits per heavy atom. The zero-order valence-electron chi connectivity index (χ0n) is 9.93. The molecule has 1 fully saturated rings. The third-order valence-electron chi connectivity index (χ3n) is 3.09. The van der Waals surface area contributed by atoms with E-state index in [2.05, 4.69) is 5.32 Å². The standard InChI is InChI=1S/C12H16N2O3S/c13-9-3-5-10(6-4-9)18(16,17)11-2-1-7-14-12(15)8-11/h3-6,11H,1-2,7-8,13H2,(H,14,15). The zero-order chi connectivity index (χ0) is 13.2. The highest BCUT2D eigenvalue weighted by Crippen LogP contribution is 2.23. The molecule has 5 nitrogen and oxygen atoms in total. The smallest absolute Gasteiger partial charge is 0.221 e. The second-order valence-electron chi connectivity index (χ2n) is 4.43. The van der Waals surface area contributed by atoms with Crippen molar-refractivity contribution in [3.8, 4) is 0 Å². The van der Waals surface area contributed by atoms with E-state index in [-0.39, 0.29) is 17.2 Å². The molecule has 1 aromatic carbocycles. The SMILES string of the molecule is Nc1ccc(S(=O)(=O)C2CCCNC(=O)C2)cc1. The van der Waals surface area contributed by atoms with Crippen LogP contribution in [-0.2, 0) is 14.6 Å². The molecule has 1 atom stereocenters. The molecule has 6 heteroatoms. The van der Waals surface area contributed by atoms with E-state index in [0.717, 1.165) is 0 Å². The number of nitrogen functional groups attached to an aromatic ring is 1. The van der Waals surface area contributed by atoms with Crippen LogP contribution in [-0.4, -0.2) is 26.1 Å². The summed E-state index contributed by atoms with van der Waals surface area (Å²) in [4.78, 5) is 11.7. The lowest BCUT2D eigenvalue weighted by Crippen LogP contribution is -2.27. The van der Waals surface area contributed by atoms with E-state index < -0.39 is 15.1 Å². The first-order valence-electron chi connectivity index (χ1n) is 5.86. The Morgan fingerprint density at radius 1 is 1.22 bits per heavy atom. The van der Waals surface area contributed by atoms with Crippen LogP contribution in [0.25, 0.3) is 0 Å². The molecule has 0 aromatic heterocycles. The van der Waals surface area contributed by atoms with Crippen molar-refractivity contribution in [2.75, 3.05) is 12.3 Å². The molecule has 0 saturated carbocycles. The van der Waals surface area contributed by atoms with Crippen LogP contribution in [0.4, 0.5) is 5.69 Å². The summed E-state index contributed by atoms with van der Waals surface area (Å²) in [6.07, 6.45) is 1.22. The van der Waals surface area contributed by atoms with Gasteiger partial charge in [0.15, 0.2) is 9.84 Å². The number of hydrogen-bond acceptors (Lipinski definition) is 4. The summed E-state index contributed by atoms with van der Waals surface area (Å²) in [5.41, 5.74) is 6.06. The summed E-state index contributed by atoms with van der Waals surface area (Å²) in [6, 6.07) is 6.11. The first-order chi connectivity index (χ1) is 8.50. The van der Waals surface area contributed by atoms with Gasteiger partial charge in [-0.15, -0.1) is 0 Å². The second kappa shape index (κ2) is 4.97. The van der Waals surface area contributed by atoms with E-state index in [1.54, 1.807) is 12.1 Å². The molecular weight excluding hydrogens is 252 g/mol. The van der Waals surface area contributed by atoms with Crippen LogP contribution in [0.3, 0.4) is 0 Å². The Morgan fingerprint density at radius 2 is 1.89 bits per heavy atom. The topological polar surface area (TPSA) is 89.3 Å². The molecule has 1 heterocycles. The van der Waals surface area contributed by atoms with Gasteiger partial charge in [-0.2, -0.15) is 0 Å². The van der Waals surface area contributed by atoms with Gasteiger partial charge < -0.3 is 11.1 Å². The molecule has 1 aliphatic rings. The Bertz CT molecular complexity index is 537. The molecule has 98 valence electrons. The second-order valence-corrected chi connectivity index (χ2v) is 6.66. The Hall–Kier alpha value is -1.56. The number of anilines is 1. The van der Waals surface area contributed by atoms with E-state index in [1.165, 1.54) is 12.1 Å². The number of nitrogens with one attached hydrogen (secondary N) is 1. The monoisotopic (exact) mass is 268 g/mol. The fourth-order valence-corrected chi connectivity index (χ4v) is 3.80. The van der Waals surface area contributed by atoms with Gasteiger partial charge in [-0.05, 0) is 37.1 Å². The third kappa shape index (κ3) is 2.64. The fourth-order valence-electron chi connectivity index (χ4n) is 2.05. The predicted molar refractivity (Wildman–Crippen MR) is 68.7 cm³/mol. The molecule has 0 bridgehead atoms. The van der Waals surface area contributed by atoms with Gasteiger partial charge in [-0.25, -0.2) is 8.42 Å². The normalized spacial score (nSPS) is 21.1. The predicted octanol–water partition coefficient (Wildman–Crippen LogP) is 0.711. The number of rotatable bonds is 2. The van der Waals surface area contributed by atoms with Crippen LogP contribution >= 0.6 is 0 Å². The molecule has 0 radical (unpaired) electrons. The molecule has 0 aliphatic carbocycles. The van der Waals surface area contributed by atoms with Gasteiger partial charge in [-0.1, -0.05) is 0 Å². The van der Waals surface area contributed by atoms with Crippen molar-refractivity contribution < 1.29 is 13.2 Å². The van der Waals surface area contributed by atoms with Gasteiger partial charge in [0.2, 0.25) is 5.91 Å². The molecular formula is C12H16N2O3S. The maximum absolute atomic E-state index is 12.4. The zero-order valence-corrected chi connectivity index (χ0v) is 10.7. The molecule has 1 saturated heterocycles. The first-order valence-corrected chi connectivity index (χ1v) is 7.41. The minimum absolute atomic E-state index is 0.0344. The highest BCUT2D eigenvalue weighted by atomic mass is 32.2. The summed E-state index contributed by atoms with van der Waals surface area (Å²) < 4.78 is 24.8. The van der Waals surface area contributed by atoms with Crippen molar-refractivity contribution in [2.45, 2.75) is 29.4 Å². The van der Waals surface area contributed by atoms with Crippen molar-refractivity contribution in [3.63, 3.8) is 0 Å². The van der Waals surface area contributed by atoms with E-state index >= 15 is 0 Å². The Balaban J connectivity index is 2.29. The lowest BCUT2D eigenvalue weighted by Gasteiger charge is -2.14. The van der Waals surface area contributed by atoms with E-state index in [9.17, 15) is 13.2 Å². The van der Waals surface area contributed by atoms with Crippen LogP contribution in [0, 0.1) is 0 Å². The van der Waals surface area contributed by atoms with Crippen molar-refractivity contribution in [1.82, 2.24) is 5.32 Å². The highest BCUT2D eigenvalue weighted by Gasteiger charge is 2.30. The third-order valence-corrected chi connectivity index (χ3v) is 5.29. The van der Waals surface area contributed by atoms with Gasteiger partial charge in [0, 0.05) is 18.7 Å². The Kier molecular flexibility index (Phi) is 3.56. The van der Waals surface area contributed by atoms with Gasteiger partial charge in [0.1, 0.15) is 0 Å². The summed E-state index contributed by atoms with van der Waals surface area (Å²) in [6.45, 7) is 0.548. The van der Waals surface area contributed by atoms with E-state index in [1.807, 2.05) is 0 Å². The summed E-state index contributed by atoms with van der Waals surface area (Å²) in [5.74, 6) is -0.198. The van der Waals surface area contributed by atoms with Crippen LogP contribution in [0.15, 0.2) is 29.2 Å². The number of carbonyl (C=O) groups excluding carboxylic acids is 1. The molecule has 1 aromatic rings. The maximum Gasteiger partial charge on any atom is 0.221 e. The minimum Gasteiger partial charge on any atom is -0.399 e. The van der Waals surface area contributed by atoms with Gasteiger partial charge in [0.05, 0.1) is 10.1 Å². The van der Waals surface area contributed by atoms with Crippen LogP contribution < -0.4 is 11.1 Å². The fraction of sp³-hybridized carbons (Fsp3) is 0.417. The number of amides is 1. The van der Waals surface area contributed by atoms with E-state index in [0.29, 0.717) is 25.1 Å². The largest absolute Gasteiger partial charge is 0.399 e. The van der Waals surface area contributed by atoms with Crippen molar-refractivity contribution in [3.05, 3.63) is 24.3 Å². The molecule has 1 aliphatic heterocycles. The van der Waals surface area contributed by atoms with E-state index in [4.69, 9.17) is 5.73 Å². The average molecular weight is 268 g/mol. The van der Waals surface area contributed by atoms with Crippen molar-refractivity contribution in [2.24, 2.45) is 0 Å². The minimum atomic E-state index is -3.45. The summed E-state index contributed by atoms with van der Waals surface area (Å²) >= 11 is 0. The average Bonchev–Trinajstić information content (AvgIpc) is 2.55.